The summed E-state index contributed by atoms with van der Waals surface area (Å²) in [5.74, 6) is -1.12. The highest BCUT2D eigenvalue weighted by Crippen LogP contribution is 2.44. The average Bonchev–Trinajstić information content (AvgIpc) is 3.04. The lowest BCUT2D eigenvalue weighted by Crippen LogP contribution is -2.36. The SMILES string of the molecule is CN1O[C@H]2C(=O)N(c3ccccc3)C(=O)[C@H]2[C@@H]1c1ccc(Cl)cc1. The molecule has 0 N–H and O–H groups in total. The maximum absolute atomic E-state index is 13.0. The minimum atomic E-state index is -0.789. The maximum atomic E-state index is 13.0. The summed E-state index contributed by atoms with van der Waals surface area (Å²) < 4.78 is 0. The van der Waals surface area contributed by atoms with Gasteiger partial charge < -0.3 is 0 Å². The van der Waals surface area contributed by atoms with E-state index in [1.165, 1.54) is 4.90 Å². The van der Waals surface area contributed by atoms with Gasteiger partial charge >= 0.3 is 0 Å². The summed E-state index contributed by atoms with van der Waals surface area (Å²) in [5, 5.41) is 2.22. The minimum Gasteiger partial charge on any atom is -0.284 e. The molecule has 0 bridgehead atoms. The van der Waals surface area contributed by atoms with Crippen molar-refractivity contribution in [3.8, 4) is 0 Å². The molecule has 0 radical (unpaired) electrons. The molecule has 122 valence electrons. The number of carbonyl (C=O) groups excluding carboxylic acids is 2. The molecule has 6 heteroatoms. The standard InChI is InChI=1S/C18H15ClN2O3/c1-20-15(11-7-9-12(19)10-8-11)14-16(24-20)18(23)21(17(14)22)13-5-3-2-4-6-13/h2-10,14-16H,1H3/t14-,15-,16+/m0/s1. The Morgan fingerprint density at radius 1 is 0.958 bits per heavy atom. The van der Waals surface area contributed by atoms with Crippen molar-refractivity contribution in [2.24, 2.45) is 5.92 Å². The Morgan fingerprint density at radius 2 is 1.62 bits per heavy atom. The van der Waals surface area contributed by atoms with Crippen LogP contribution in [0, 0.1) is 5.92 Å². The molecule has 2 heterocycles. The fourth-order valence-electron chi connectivity index (χ4n) is 3.46. The molecule has 5 nitrogen and oxygen atoms in total. The number of hydrogen-bond donors (Lipinski definition) is 0. The van der Waals surface area contributed by atoms with Gasteiger partial charge in [-0.2, -0.15) is 5.06 Å². The normalized spacial score (nSPS) is 26.9. The first-order valence-electron chi connectivity index (χ1n) is 7.66. The summed E-state index contributed by atoms with van der Waals surface area (Å²) >= 11 is 5.95. The molecular weight excluding hydrogens is 328 g/mol. The fourth-order valence-corrected chi connectivity index (χ4v) is 3.58. The number of fused-ring (bicyclic) bond motifs is 1. The van der Waals surface area contributed by atoms with Crippen LogP contribution in [0.5, 0.6) is 0 Å². The van der Waals surface area contributed by atoms with Crippen LogP contribution in [0.25, 0.3) is 0 Å². The second-order valence-electron chi connectivity index (χ2n) is 5.94. The number of anilines is 1. The Kier molecular flexibility index (Phi) is 3.64. The molecule has 0 aromatic heterocycles. The molecular formula is C18H15ClN2O3. The van der Waals surface area contributed by atoms with E-state index in [0.29, 0.717) is 10.7 Å². The van der Waals surface area contributed by atoms with Gasteiger partial charge in [0.1, 0.15) is 0 Å². The van der Waals surface area contributed by atoms with Crippen molar-refractivity contribution in [1.82, 2.24) is 5.06 Å². The molecule has 0 saturated carbocycles. The summed E-state index contributed by atoms with van der Waals surface area (Å²) in [7, 11) is 1.74. The van der Waals surface area contributed by atoms with Crippen molar-refractivity contribution in [2.75, 3.05) is 11.9 Å². The number of hydroxylamine groups is 2. The molecule has 2 amide bonds. The lowest BCUT2D eigenvalue weighted by Gasteiger charge is -2.24. The molecule has 0 unspecified atom stereocenters. The van der Waals surface area contributed by atoms with Crippen LogP contribution in [0.1, 0.15) is 11.6 Å². The van der Waals surface area contributed by atoms with E-state index < -0.39 is 12.0 Å². The zero-order chi connectivity index (χ0) is 16.8. The third-order valence-electron chi connectivity index (χ3n) is 4.53. The second-order valence-corrected chi connectivity index (χ2v) is 6.38. The van der Waals surface area contributed by atoms with Crippen LogP contribution in [0.3, 0.4) is 0 Å². The minimum absolute atomic E-state index is 0.236. The van der Waals surface area contributed by atoms with E-state index in [1.54, 1.807) is 48.5 Å². The first-order valence-corrected chi connectivity index (χ1v) is 8.03. The molecule has 4 rings (SSSR count). The van der Waals surface area contributed by atoms with Crippen LogP contribution in [0.2, 0.25) is 5.02 Å². The Morgan fingerprint density at radius 3 is 2.29 bits per heavy atom. The number of imide groups is 1. The number of hydrogen-bond acceptors (Lipinski definition) is 4. The van der Waals surface area contributed by atoms with E-state index in [4.69, 9.17) is 16.4 Å². The highest BCUT2D eigenvalue weighted by atomic mass is 35.5. The summed E-state index contributed by atoms with van der Waals surface area (Å²) in [5.41, 5.74) is 1.47. The zero-order valence-electron chi connectivity index (χ0n) is 12.9. The number of nitrogens with zero attached hydrogens (tertiary/aromatic N) is 2. The van der Waals surface area contributed by atoms with Crippen molar-refractivity contribution in [1.29, 1.82) is 0 Å². The third-order valence-corrected chi connectivity index (χ3v) is 4.79. The van der Waals surface area contributed by atoms with Gasteiger partial charge in [-0.25, -0.2) is 4.90 Å². The van der Waals surface area contributed by atoms with Crippen LogP contribution in [0.4, 0.5) is 5.69 Å². The predicted molar refractivity (Wildman–Crippen MR) is 89.3 cm³/mol. The van der Waals surface area contributed by atoms with Crippen LogP contribution < -0.4 is 4.90 Å². The molecule has 24 heavy (non-hydrogen) atoms. The highest BCUT2D eigenvalue weighted by Gasteiger charge is 2.59. The number of amides is 2. The smallest absolute Gasteiger partial charge is 0.265 e. The van der Waals surface area contributed by atoms with E-state index in [-0.39, 0.29) is 17.9 Å². The Balaban J connectivity index is 1.72. The van der Waals surface area contributed by atoms with Crippen LogP contribution in [0.15, 0.2) is 54.6 Å². The van der Waals surface area contributed by atoms with Gasteiger partial charge in [0.2, 0.25) is 5.91 Å². The monoisotopic (exact) mass is 342 g/mol. The summed E-state index contributed by atoms with van der Waals surface area (Å²) in [6.45, 7) is 0. The average molecular weight is 343 g/mol. The van der Waals surface area contributed by atoms with Gasteiger partial charge in [0.25, 0.3) is 5.91 Å². The molecule has 0 spiro atoms. The molecule has 2 aromatic rings. The van der Waals surface area contributed by atoms with Crippen molar-refractivity contribution >= 4 is 29.1 Å². The van der Waals surface area contributed by atoms with Crippen LogP contribution >= 0.6 is 11.6 Å². The molecule has 2 aromatic carbocycles. The maximum Gasteiger partial charge on any atom is 0.265 e. The van der Waals surface area contributed by atoms with E-state index >= 15 is 0 Å². The van der Waals surface area contributed by atoms with Gasteiger partial charge in [0.15, 0.2) is 6.10 Å². The lowest BCUT2D eigenvalue weighted by atomic mass is 9.91. The molecule has 2 aliphatic rings. The van der Waals surface area contributed by atoms with E-state index in [0.717, 1.165) is 5.56 Å². The Hall–Kier alpha value is -2.21. The van der Waals surface area contributed by atoms with Gasteiger partial charge in [-0.05, 0) is 29.8 Å². The summed E-state index contributed by atoms with van der Waals surface area (Å²) in [6.07, 6.45) is -0.789. The van der Waals surface area contributed by atoms with Crippen LogP contribution in [-0.2, 0) is 14.4 Å². The predicted octanol–water partition coefficient (Wildman–Crippen LogP) is 2.82. The van der Waals surface area contributed by atoms with E-state index in [9.17, 15) is 9.59 Å². The molecule has 2 saturated heterocycles. The van der Waals surface area contributed by atoms with Crippen molar-refractivity contribution < 1.29 is 14.4 Å². The number of carbonyl (C=O) groups is 2. The third kappa shape index (κ3) is 2.24. The fraction of sp³-hybridized carbons (Fsp3) is 0.222. The van der Waals surface area contributed by atoms with Crippen molar-refractivity contribution in [2.45, 2.75) is 12.1 Å². The number of halogens is 1. The zero-order valence-corrected chi connectivity index (χ0v) is 13.7. The molecule has 3 atom stereocenters. The summed E-state index contributed by atoms with van der Waals surface area (Å²) in [6, 6.07) is 15.9. The number of benzene rings is 2. The first-order chi connectivity index (χ1) is 11.6. The van der Waals surface area contributed by atoms with Crippen molar-refractivity contribution in [3.05, 3.63) is 65.2 Å². The van der Waals surface area contributed by atoms with Crippen molar-refractivity contribution in [3.63, 3.8) is 0 Å². The second kappa shape index (κ2) is 5.70. The van der Waals surface area contributed by atoms with Gasteiger partial charge in [-0.1, -0.05) is 41.9 Å². The number of rotatable bonds is 2. The Labute approximate surface area is 144 Å². The van der Waals surface area contributed by atoms with Gasteiger partial charge in [-0.3, -0.25) is 14.4 Å². The van der Waals surface area contributed by atoms with Gasteiger partial charge in [0, 0.05) is 12.1 Å². The summed E-state index contributed by atoms with van der Waals surface area (Å²) in [4.78, 5) is 32.6. The molecule has 2 fully saturated rings. The van der Waals surface area contributed by atoms with E-state index in [1.807, 2.05) is 18.2 Å². The van der Waals surface area contributed by atoms with Crippen LogP contribution in [-0.4, -0.2) is 30.0 Å². The lowest BCUT2D eigenvalue weighted by molar-refractivity contribution is -0.160. The Bertz CT molecular complexity index is 794. The largest absolute Gasteiger partial charge is 0.284 e. The highest BCUT2D eigenvalue weighted by molar-refractivity contribution is 6.30. The topological polar surface area (TPSA) is 49.9 Å². The van der Waals surface area contributed by atoms with E-state index in [2.05, 4.69) is 0 Å². The quantitative estimate of drug-likeness (QED) is 0.787. The van der Waals surface area contributed by atoms with Gasteiger partial charge in [-0.15, -0.1) is 0 Å². The first kappa shape index (κ1) is 15.3. The molecule has 0 aliphatic carbocycles. The number of para-hydroxylation sites is 1. The van der Waals surface area contributed by atoms with Gasteiger partial charge in [0.05, 0.1) is 17.6 Å². The molecule has 2 aliphatic heterocycles.